The number of carbonyl (C=O) groups excluding carboxylic acids is 1. The van der Waals surface area contributed by atoms with E-state index in [1.54, 1.807) is 19.1 Å². The Hall–Kier alpha value is -3.10. The van der Waals surface area contributed by atoms with E-state index in [2.05, 4.69) is 10.0 Å². The highest BCUT2D eigenvalue weighted by molar-refractivity contribution is 7.92. The molecule has 2 N–H and O–H groups in total. The molecule has 0 aliphatic carbocycles. The number of hydrogen-bond donors (Lipinski definition) is 2. The van der Waals surface area contributed by atoms with E-state index in [0.717, 1.165) is 0 Å². The first kappa shape index (κ1) is 21.6. The van der Waals surface area contributed by atoms with E-state index < -0.39 is 21.7 Å². The van der Waals surface area contributed by atoms with Crippen molar-refractivity contribution in [2.75, 3.05) is 17.1 Å². The average Bonchev–Trinajstić information content (AvgIpc) is 2.70. The molecular weight excluding hydrogens is 431 g/mol. The molecule has 6 nitrogen and oxygen atoms in total. The van der Waals surface area contributed by atoms with Gasteiger partial charge in [0.25, 0.3) is 15.9 Å². The molecule has 9 heteroatoms. The minimum atomic E-state index is -4.05. The highest BCUT2D eigenvalue weighted by Crippen LogP contribution is 2.30. The molecule has 0 aromatic heterocycles. The Kier molecular flexibility index (Phi) is 6.28. The van der Waals surface area contributed by atoms with E-state index in [1.165, 1.54) is 55.6 Å². The van der Waals surface area contributed by atoms with Crippen molar-refractivity contribution in [3.8, 4) is 5.75 Å². The molecule has 0 radical (unpaired) electrons. The van der Waals surface area contributed by atoms with Gasteiger partial charge < -0.3 is 10.1 Å². The number of hydrogen-bond acceptors (Lipinski definition) is 4. The molecule has 30 heavy (non-hydrogen) atoms. The fourth-order valence-electron chi connectivity index (χ4n) is 2.68. The molecule has 0 fully saturated rings. The number of carbonyl (C=O) groups is 1. The second-order valence-electron chi connectivity index (χ2n) is 6.42. The number of ether oxygens (including phenoxy) is 1. The molecule has 3 rings (SSSR count). The van der Waals surface area contributed by atoms with Crippen LogP contribution in [-0.2, 0) is 10.0 Å². The molecule has 0 saturated heterocycles. The molecule has 3 aromatic carbocycles. The van der Waals surface area contributed by atoms with Crippen molar-refractivity contribution in [2.45, 2.75) is 11.8 Å². The summed E-state index contributed by atoms with van der Waals surface area (Å²) in [5.41, 5.74) is 0.916. The second kappa shape index (κ2) is 8.73. The van der Waals surface area contributed by atoms with Crippen LogP contribution in [0.15, 0.2) is 65.6 Å². The number of aryl methyl sites for hydroxylation is 1. The minimum Gasteiger partial charge on any atom is -0.495 e. The number of anilines is 2. The fourth-order valence-corrected chi connectivity index (χ4v) is 3.96. The summed E-state index contributed by atoms with van der Waals surface area (Å²) in [5.74, 6) is -0.941. The van der Waals surface area contributed by atoms with Gasteiger partial charge in [-0.3, -0.25) is 9.52 Å². The van der Waals surface area contributed by atoms with Crippen LogP contribution in [0.3, 0.4) is 0 Å². The lowest BCUT2D eigenvalue weighted by Crippen LogP contribution is -2.16. The predicted octanol–water partition coefficient (Wildman–Crippen LogP) is 4.85. The van der Waals surface area contributed by atoms with Crippen molar-refractivity contribution in [3.05, 3.63) is 82.6 Å². The summed E-state index contributed by atoms with van der Waals surface area (Å²) >= 11 is 5.94. The Balaban J connectivity index is 1.87. The zero-order chi connectivity index (χ0) is 21.9. The molecule has 0 aliphatic rings. The number of benzene rings is 3. The largest absolute Gasteiger partial charge is 0.495 e. The van der Waals surface area contributed by atoms with Gasteiger partial charge in [-0.05, 0) is 61.0 Å². The lowest BCUT2D eigenvalue weighted by atomic mass is 10.2. The van der Waals surface area contributed by atoms with Gasteiger partial charge in [0.05, 0.1) is 23.4 Å². The summed E-state index contributed by atoms with van der Waals surface area (Å²) in [6.45, 7) is 1.73. The average molecular weight is 449 g/mol. The van der Waals surface area contributed by atoms with Crippen molar-refractivity contribution < 1.29 is 22.3 Å². The Morgan fingerprint density at radius 1 is 1.03 bits per heavy atom. The highest BCUT2D eigenvalue weighted by atomic mass is 35.5. The van der Waals surface area contributed by atoms with Crippen LogP contribution in [0, 0.1) is 12.7 Å². The van der Waals surface area contributed by atoms with E-state index in [0.29, 0.717) is 10.6 Å². The van der Waals surface area contributed by atoms with E-state index >= 15 is 0 Å². The van der Waals surface area contributed by atoms with Gasteiger partial charge in [0.15, 0.2) is 0 Å². The lowest BCUT2D eigenvalue weighted by molar-refractivity contribution is 0.102. The third-order valence-corrected chi connectivity index (χ3v) is 5.78. The Bertz CT molecular complexity index is 1220. The normalized spacial score (nSPS) is 11.1. The smallest absolute Gasteiger partial charge is 0.262 e. The van der Waals surface area contributed by atoms with Crippen molar-refractivity contribution in [2.24, 2.45) is 0 Å². The van der Waals surface area contributed by atoms with Gasteiger partial charge in [0.1, 0.15) is 11.6 Å². The van der Waals surface area contributed by atoms with E-state index in [4.69, 9.17) is 16.3 Å². The van der Waals surface area contributed by atoms with Gasteiger partial charge in [-0.15, -0.1) is 0 Å². The SMILES string of the molecule is COc1ccc(Cl)cc1NS(=O)(=O)c1cccc(C(=O)Nc2ccc(C)cc2F)c1. The van der Waals surface area contributed by atoms with Gasteiger partial charge in [-0.1, -0.05) is 23.7 Å². The van der Waals surface area contributed by atoms with Crippen LogP contribution in [0.4, 0.5) is 15.8 Å². The predicted molar refractivity (Wildman–Crippen MR) is 114 cm³/mol. The van der Waals surface area contributed by atoms with Gasteiger partial charge in [0, 0.05) is 10.6 Å². The maximum absolute atomic E-state index is 14.0. The Morgan fingerprint density at radius 3 is 2.50 bits per heavy atom. The summed E-state index contributed by atoms with van der Waals surface area (Å²) in [6, 6.07) is 14.3. The monoisotopic (exact) mass is 448 g/mol. The Labute approximate surface area is 178 Å². The number of sulfonamides is 1. The zero-order valence-electron chi connectivity index (χ0n) is 16.1. The van der Waals surface area contributed by atoms with E-state index in [1.807, 2.05) is 0 Å². The van der Waals surface area contributed by atoms with Crippen molar-refractivity contribution in [3.63, 3.8) is 0 Å². The molecule has 3 aromatic rings. The van der Waals surface area contributed by atoms with Crippen LogP contribution in [0.2, 0.25) is 5.02 Å². The van der Waals surface area contributed by atoms with Gasteiger partial charge in [-0.25, -0.2) is 12.8 Å². The van der Waals surface area contributed by atoms with Crippen molar-refractivity contribution >= 4 is 38.9 Å². The first-order chi connectivity index (χ1) is 14.2. The van der Waals surface area contributed by atoms with Crippen LogP contribution in [0.1, 0.15) is 15.9 Å². The minimum absolute atomic E-state index is 0.000601. The second-order valence-corrected chi connectivity index (χ2v) is 8.53. The van der Waals surface area contributed by atoms with Gasteiger partial charge in [-0.2, -0.15) is 0 Å². The van der Waals surface area contributed by atoms with Crippen LogP contribution in [0.5, 0.6) is 5.75 Å². The van der Waals surface area contributed by atoms with E-state index in [-0.39, 0.29) is 27.6 Å². The molecule has 0 spiro atoms. The molecule has 0 aliphatic heterocycles. The van der Waals surface area contributed by atoms with Crippen molar-refractivity contribution in [1.29, 1.82) is 0 Å². The van der Waals surface area contributed by atoms with Gasteiger partial charge in [0.2, 0.25) is 0 Å². The molecule has 1 amide bonds. The first-order valence-corrected chi connectivity index (χ1v) is 10.6. The van der Waals surface area contributed by atoms with E-state index in [9.17, 15) is 17.6 Å². The molecule has 0 bridgehead atoms. The number of halogens is 2. The van der Waals surface area contributed by atoms with Crippen molar-refractivity contribution in [1.82, 2.24) is 0 Å². The fraction of sp³-hybridized carbons (Fsp3) is 0.0952. The lowest BCUT2D eigenvalue weighted by Gasteiger charge is -2.13. The number of methoxy groups -OCH3 is 1. The zero-order valence-corrected chi connectivity index (χ0v) is 17.6. The summed E-state index contributed by atoms with van der Waals surface area (Å²) in [7, 11) is -2.65. The summed E-state index contributed by atoms with van der Waals surface area (Å²) < 4.78 is 47.1. The van der Waals surface area contributed by atoms with Gasteiger partial charge >= 0.3 is 0 Å². The van der Waals surface area contributed by atoms with Crippen LogP contribution in [0.25, 0.3) is 0 Å². The molecule has 0 atom stereocenters. The molecule has 0 saturated carbocycles. The summed E-state index contributed by atoms with van der Waals surface area (Å²) in [5, 5.41) is 2.76. The number of amides is 1. The number of nitrogens with one attached hydrogen (secondary N) is 2. The molecule has 156 valence electrons. The molecule has 0 heterocycles. The number of rotatable bonds is 6. The maximum Gasteiger partial charge on any atom is 0.262 e. The third kappa shape index (κ3) is 4.90. The summed E-state index contributed by atoms with van der Waals surface area (Å²) in [6.07, 6.45) is 0. The quantitative estimate of drug-likeness (QED) is 0.564. The highest BCUT2D eigenvalue weighted by Gasteiger charge is 2.19. The molecular formula is C21H18ClFN2O4S. The van der Waals surface area contributed by atoms with Crippen LogP contribution < -0.4 is 14.8 Å². The van der Waals surface area contributed by atoms with Crippen LogP contribution in [-0.4, -0.2) is 21.4 Å². The third-order valence-electron chi connectivity index (χ3n) is 4.19. The Morgan fingerprint density at radius 2 is 1.80 bits per heavy atom. The van der Waals surface area contributed by atoms with Crippen LogP contribution >= 0.6 is 11.6 Å². The maximum atomic E-state index is 14.0. The first-order valence-electron chi connectivity index (χ1n) is 8.73. The topological polar surface area (TPSA) is 84.5 Å². The molecule has 0 unspecified atom stereocenters. The standard InChI is InChI=1S/C21H18ClFN2O4S/c1-13-6-8-18(17(23)10-13)24-21(26)14-4-3-5-16(11-14)30(27,28)25-19-12-15(22)7-9-20(19)29-2/h3-12,25H,1-2H3,(H,24,26). The summed E-state index contributed by atoms with van der Waals surface area (Å²) in [4.78, 5) is 12.4.